The molecular weight excluding hydrogens is 388 g/mol. The number of carbonyl (C=O) groups excluding carboxylic acids is 4. The summed E-state index contributed by atoms with van der Waals surface area (Å²) in [6.45, 7) is 0.645. The molecule has 8 nitrogen and oxygen atoms in total. The molecule has 0 bridgehead atoms. The van der Waals surface area contributed by atoms with Crippen molar-refractivity contribution in [3.63, 3.8) is 0 Å². The summed E-state index contributed by atoms with van der Waals surface area (Å²) in [6.07, 6.45) is 0.649. The van der Waals surface area contributed by atoms with Crippen molar-refractivity contribution in [2.45, 2.75) is 13.0 Å². The fourth-order valence-corrected chi connectivity index (χ4v) is 3.04. The van der Waals surface area contributed by atoms with Gasteiger partial charge in [-0.2, -0.15) is 0 Å². The number of rotatable bonds is 9. The highest BCUT2D eigenvalue weighted by molar-refractivity contribution is 6.21. The van der Waals surface area contributed by atoms with Gasteiger partial charge in [0.05, 0.1) is 23.2 Å². The van der Waals surface area contributed by atoms with Gasteiger partial charge in [-0.3, -0.25) is 19.3 Å². The van der Waals surface area contributed by atoms with Crippen LogP contribution in [0.2, 0.25) is 0 Å². The van der Waals surface area contributed by atoms with Gasteiger partial charge in [-0.15, -0.1) is 0 Å². The highest BCUT2D eigenvalue weighted by Crippen LogP contribution is 2.26. The van der Waals surface area contributed by atoms with E-state index in [9.17, 15) is 19.2 Å². The van der Waals surface area contributed by atoms with E-state index < -0.39 is 30.3 Å². The standard InChI is InChI=1S/C22H22N2O6/c1-29-11-5-10-23-19(25)14-30-22(28)16-8-9-17-18(12-16)21(27)24(20(17)26)13-15-6-3-2-4-7-15/h2-4,6-9,12H,5,10-11,13-14H2,1H3,(H,23,25). The van der Waals surface area contributed by atoms with Crippen molar-refractivity contribution in [3.05, 3.63) is 70.8 Å². The Labute approximate surface area is 173 Å². The molecule has 0 atom stereocenters. The zero-order chi connectivity index (χ0) is 21.5. The highest BCUT2D eigenvalue weighted by atomic mass is 16.5. The van der Waals surface area contributed by atoms with Crippen LogP contribution in [0.1, 0.15) is 43.1 Å². The largest absolute Gasteiger partial charge is 0.452 e. The van der Waals surface area contributed by atoms with Crippen molar-refractivity contribution in [1.29, 1.82) is 0 Å². The number of hydrogen-bond acceptors (Lipinski definition) is 6. The van der Waals surface area contributed by atoms with E-state index in [-0.39, 0.29) is 23.2 Å². The summed E-state index contributed by atoms with van der Waals surface area (Å²) in [5.41, 5.74) is 1.31. The molecule has 0 spiro atoms. The molecule has 0 aromatic heterocycles. The van der Waals surface area contributed by atoms with Gasteiger partial charge in [-0.25, -0.2) is 4.79 Å². The molecule has 8 heteroatoms. The number of fused-ring (bicyclic) bond motifs is 1. The van der Waals surface area contributed by atoms with Gasteiger partial charge in [0, 0.05) is 20.3 Å². The van der Waals surface area contributed by atoms with E-state index in [1.807, 2.05) is 30.3 Å². The van der Waals surface area contributed by atoms with Gasteiger partial charge in [-0.1, -0.05) is 30.3 Å². The lowest BCUT2D eigenvalue weighted by Gasteiger charge is -2.13. The van der Waals surface area contributed by atoms with E-state index in [1.54, 1.807) is 7.11 Å². The monoisotopic (exact) mass is 410 g/mol. The van der Waals surface area contributed by atoms with Crippen LogP contribution < -0.4 is 5.32 Å². The third-order valence-corrected chi connectivity index (χ3v) is 4.57. The first-order chi connectivity index (χ1) is 14.5. The number of methoxy groups -OCH3 is 1. The number of imide groups is 1. The quantitative estimate of drug-likeness (QED) is 0.384. The van der Waals surface area contributed by atoms with Crippen LogP contribution in [0.4, 0.5) is 0 Å². The fraction of sp³-hybridized carbons (Fsp3) is 0.273. The van der Waals surface area contributed by atoms with Crippen LogP contribution in [0.25, 0.3) is 0 Å². The van der Waals surface area contributed by atoms with E-state index in [1.165, 1.54) is 18.2 Å². The summed E-state index contributed by atoms with van der Waals surface area (Å²) >= 11 is 0. The van der Waals surface area contributed by atoms with Crippen LogP contribution >= 0.6 is 0 Å². The Kier molecular flexibility index (Phi) is 6.92. The minimum absolute atomic E-state index is 0.101. The summed E-state index contributed by atoms with van der Waals surface area (Å²) in [4.78, 5) is 50.4. The zero-order valence-electron chi connectivity index (χ0n) is 16.6. The molecule has 2 aromatic carbocycles. The minimum Gasteiger partial charge on any atom is -0.452 e. The number of benzene rings is 2. The molecule has 3 rings (SSSR count). The average molecular weight is 410 g/mol. The minimum atomic E-state index is -0.744. The van der Waals surface area contributed by atoms with Crippen LogP contribution in [0.5, 0.6) is 0 Å². The summed E-state index contributed by atoms with van der Waals surface area (Å²) in [5.74, 6) is -2.05. The summed E-state index contributed by atoms with van der Waals surface area (Å²) < 4.78 is 9.88. The van der Waals surface area contributed by atoms with Gasteiger partial charge in [0.25, 0.3) is 17.7 Å². The van der Waals surface area contributed by atoms with Crippen LogP contribution in [-0.4, -0.2) is 55.5 Å². The first-order valence-electron chi connectivity index (χ1n) is 9.48. The van der Waals surface area contributed by atoms with Gasteiger partial charge >= 0.3 is 5.97 Å². The molecule has 0 aliphatic carbocycles. The van der Waals surface area contributed by atoms with Crippen molar-refractivity contribution in [2.24, 2.45) is 0 Å². The number of ether oxygens (including phenoxy) is 2. The maximum Gasteiger partial charge on any atom is 0.338 e. The first-order valence-corrected chi connectivity index (χ1v) is 9.48. The third-order valence-electron chi connectivity index (χ3n) is 4.57. The predicted octanol–water partition coefficient (Wildman–Crippen LogP) is 1.79. The molecule has 0 radical (unpaired) electrons. The SMILES string of the molecule is COCCCNC(=O)COC(=O)c1ccc2c(c1)C(=O)N(Cc1ccccc1)C2=O. The van der Waals surface area contributed by atoms with Gasteiger partial charge in [0.15, 0.2) is 6.61 Å². The lowest BCUT2D eigenvalue weighted by molar-refractivity contribution is -0.124. The van der Waals surface area contributed by atoms with Crippen LogP contribution in [0.15, 0.2) is 48.5 Å². The van der Waals surface area contributed by atoms with Crippen LogP contribution in [0, 0.1) is 0 Å². The lowest BCUT2D eigenvalue weighted by atomic mass is 10.1. The maximum atomic E-state index is 12.7. The number of hydrogen-bond donors (Lipinski definition) is 1. The molecule has 1 aliphatic rings. The van der Waals surface area contributed by atoms with Crippen LogP contribution in [0.3, 0.4) is 0 Å². The second-order valence-electron chi connectivity index (χ2n) is 6.71. The Hall–Kier alpha value is -3.52. The topological polar surface area (TPSA) is 102 Å². The van der Waals surface area contributed by atoms with Crippen molar-refractivity contribution >= 4 is 23.7 Å². The van der Waals surface area contributed by atoms with E-state index >= 15 is 0 Å². The van der Waals surface area contributed by atoms with Crippen molar-refractivity contribution in [3.8, 4) is 0 Å². The average Bonchev–Trinajstić information content (AvgIpc) is 3.00. The van der Waals surface area contributed by atoms with Gasteiger partial charge in [-0.05, 0) is 30.2 Å². The smallest absolute Gasteiger partial charge is 0.338 e. The normalized spacial score (nSPS) is 12.6. The molecule has 2 aromatic rings. The molecule has 30 heavy (non-hydrogen) atoms. The summed E-state index contributed by atoms with van der Waals surface area (Å²) in [5, 5.41) is 2.61. The molecule has 156 valence electrons. The summed E-state index contributed by atoms with van der Waals surface area (Å²) in [6, 6.07) is 13.3. The third kappa shape index (κ3) is 4.90. The fourth-order valence-electron chi connectivity index (χ4n) is 3.04. The number of amides is 3. The van der Waals surface area contributed by atoms with Crippen molar-refractivity contribution in [2.75, 3.05) is 26.9 Å². The molecular formula is C22H22N2O6. The van der Waals surface area contributed by atoms with Gasteiger partial charge in [0.2, 0.25) is 0 Å². The second-order valence-corrected chi connectivity index (χ2v) is 6.71. The molecule has 1 aliphatic heterocycles. The number of nitrogens with zero attached hydrogens (tertiary/aromatic N) is 1. The Morgan fingerprint density at radius 1 is 1.00 bits per heavy atom. The van der Waals surface area contributed by atoms with Crippen LogP contribution in [-0.2, 0) is 20.8 Å². The molecule has 0 saturated heterocycles. The predicted molar refractivity (Wildman–Crippen MR) is 107 cm³/mol. The second kappa shape index (κ2) is 9.80. The first kappa shape index (κ1) is 21.2. The highest BCUT2D eigenvalue weighted by Gasteiger charge is 2.36. The van der Waals surface area contributed by atoms with E-state index in [0.717, 1.165) is 10.5 Å². The number of esters is 1. The molecule has 0 unspecified atom stereocenters. The molecule has 0 fully saturated rings. The maximum absolute atomic E-state index is 12.7. The Balaban J connectivity index is 1.61. The van der Waals surface area contributed by atoms with Gasteiger partial charge in [0.1, 0.15) is 0 Å². The zero-order valence-corrected chi connectivity index (χ0v) is 16.6. The molecule has 0 saturated carbocycles. The Morgan fingerprint density at radius 3 is 2.47 bits per heavy atom. The number of nitrogens with one attached hydrogen (secondary N) is 1. The molecule has 3 amide bonds. The van der Waals surface area contributed by atoms with E-state index in [0.29, 0.717) is 19.6 Å². The lowest BCUT2D eigenvalue weighted by Crippen LogP contribution is -2.30. The Bertz CT molecular complexity index is 957. The van der Waals surface area contributed by atoms with Gasteiger partial charge < -0.3 is 14.8 Å². The van der Waals surface area contributed by atoms with Crippen molar-refractivity contribution < 1.29 is 28.7 Å². The number of carbonyl (C=O) groups is 4. The van der Waals surface area contributed by atoms with E-state index in [2.05, 4.69) is 5.32 Å². The van der Waals surface area contributed by atoms with E-state index in [4.69, 9.17) is 9.47 Å². The Morgan fingerprint density at radius 2 is 1.73 bits per heavy atom. The molecule has 1 N–H and O–H groups in total. The van der Waals surface area contributed by atoms with Crippen molar-refractivity contribution in [1.82, 2.24) is 10.2 Å². The summed E-state index contributed by atoms with van der Waals surface area (Å²) in [7, 11) is 1.57. The molecule has 1 heterocycles.